The second-order valence-corrected chi connectivity index (χ2v) is 7.97. The molecule has 0 fully saturated rings. The van der Waals surface area contributed by atoms with Gasteiger partial charge >= 0.3 is 0 Å². The number of nitrogens with one attached hydrogen (secondary N) is 2. The smallest absolute Gasteiger partial charge is 0.162 e. The first-order chi connectivity index (χ1) is 16.7. The maximum absolute atomic E-state index is 13.5. The van der Waals surface area contributed by atoms with Gasteiger partial charge in [0.2, 0.25) is 0 Å². The third-order valence-corrected chi connectivity index (χ3v) is 5.55. The molecule has 0 aliphatic rings. The van der Waals surface area contributed by atoms with E-state index in [9.17, 15) is 4.39 Å². The number of benzene rings is 2. The summed E-state index contributed by atoms with van der Waals surface area (Å²) in [6, 6.07) is 14.5. The third-order valence-electron chi connectivity index (χ3n) is 5.55. The van der Waals surface area contributed by atoms with Gasteiger partial charge in [0.15, 0.2) is 5.82 Å². The number of rotatable bonds is 10. The maximum atomic E-state index is 13.5. The van der Waals surface area contributed by atoms with Crippen LogP contribution in [0.2, 0.25) is 0 Å². The van der Waals surface area contributed by atoms with Crippen molar-refractivity contribution in [1.82, 2.24) is 29.7 Å². The monoisotopic (exact) mass is 459 g/mol. The number of hydrogen-bond acceptors (Lipinski definition) is 6. The first kappa shape index (κ1) is 21.8. The number of anilines is 2. The van der Waals surface area contributed by atoms with Gasteiger partial charge in [-0.15, -0.1) is 0 Å². The van der Waals surface area contributed by atoms with Crippen LogP contribution >= 0.6 is 0 Å². The zero-order chi connectivity index (χ0) is 23.3. The molecule has 8 nitrogen and oxygen atoms in total. The lowest BCUT2D eigenvalue weighted by molar-refractivity contribution is 0.312. The van der Waals surface area contributed by atoms with E-state index in [4.69, 9.17) is 4.74 Å². The summed E-state index contributed by atoms with van der Waals surface area (Å²) in [5.74, 6) is 1.15. The van der Waals surface area contributed by atoms with Gasteiger partial charge in [-0.05, 0) is 55.4 Å². The molecule has 0 atom stereocenters. The second-order valence-electron chi connectivity index (χ2n) is 7.97. The van der Waals surface area contributed by atoms with Crippen LogP contribution in [0.3, 0.4) is 0 Å². The van der Waals surface area contributed by atoms with E-state index in [1.165, 1.54) is 18.5 Å². The number of fused-ring (bicyclic) bond motifs is 2. The molecule has 34 heavy (non-hydrogen) atoms. The number of halogens is 1. The Morgan fingerprint density at radius 2 is 2.03 bits per heavy atom. The van der Waals surface area contributed by atoms with Crippen LogP contribution in [0.25, 0.3) is 16.4 Å². The zero-order valence-electron chi connectivity index (χ0n) is 18.9. The van der Waals surface area contributed by atoms with E-state index in [2.05, 4.69) is 32.7 Å². The predicted molar refractivity (Wildman–Crippen MR) is 130 cm³/mol. The molecule has 9 heteroatoms. The molecule has 0 aliphatic carbocycles. The Balaban J connectivity index is 1.35. The van der Waals surface area contributed by atoms with Crippen molar-refractivity contribution in [1.29, 1.82) is 0 Å². The van der Waals surface area contributed by atoms with Crippen molar-refractivity contribution in [2.24, 2.45) is 0 Å². The summed E-state index contributed by atoms with van der Waals surface area (Å²) in [5.41, 5.74) is 3.49. The molecule has 0 unspecified atom stereocenters. The molecule has 3 heterocycles. The van der Waals surface area contributed by atoms with Gasteiger partial charge in [0.1, 0.15) is 23.4 Å². The van der Waals surface area contributed by atoms with Gasteiger partial charge in [-0.1, -0.05) is 19.1 Å². The lowest BCUT2D eigenvalue weighted by atomic mass is 10.2. The summed E-state index contributed by atoms with van der Waals surface area (Å²) in [6.45, 7) is 5.06. The standard InChI is InChI=1S/C25H26FN7O/c1-2-27-10-4-12-34-23-9-11-32-24(23)25(28-17-30-32)31-21-7-8-22-19(14-21)15-29-33(22)16-18-5-3-6-20(26)13-18/h3,5-9,11,13-15,17,27H,2,4,10,12,16H2,1H3,(H,28,30,31). The van der Waals surface area contributed by atoms with Gasteiger partial charge in [-0.3, -0.25) is 4.68 Å². The summed E-state index contributed by atoms with van der Waals surface area (Å²) in [4.78, 5) is 4.45. The fourth-order valence-corrected chi connectivity index (χ4v) is 3.93. The van der Waals surface area contributed by atoms with E-state index in [0.29, 0.717) is 19.0 Å². The van der Waals surface area contributed by atoms with Crippen LogP contribution in [0.5, 0.6) is 5.75 Å². The molecule has 174 valence electrons. The van der Waals surface area contributed by atoms with E-state index in [-0.39, 0.29) is 5.82 Å². The Morgan fingerprint density at radius 3 is 2.91 bits per heavy atom. The summed E-state index contributed by atoms with van der Waals surface area (Å²) >= 11 is 0. The van der Waals surface area contributed by atoms with Gasteiger partial charge in [0.05, 0.1) is 24.9 Å². The summed E-state index contributed by atoms with van der Waals surface area (Å²) < 4.78 is 23.2. The highest BCUT2D eigenvalue weighted by Gasteiger charge is 2.13. The molecule has 0 spiro atoms. The Labute approximate surface area is 196 Å². The van der Waals surface area contributed by atoms with E-state index in [1.54, 1.807) is 10.6 Å². The van der Waals surface area contributed by atoms with E-state index in [0.717, 1.165) is 52.9 Å². The fraction of sp³-hybridized carbons (Fsp3) is 0.240. The minimum absolute atomic E-state index is 0.247. The lowest BCUT2D eigenvalue weighted by Gasteiger charge is -2.10. The molecular formula is C25H26FN7O. The minimum Gasteiger partial charge on any atom is -0.491 e. The van der Waals surface area contributed by atoms with Crippen LogP contribution in [0, 0.1) is 5.82 Å². The van der Waals surface area contributed by atoms with Gasteiger partial charge < -0.3 is 15.4 Å². The third kappa shape index (κ3) is 4.69. The van der Waals surface area contributed by atoms with Crippen molar-refractivity contribution in [3.8, 4) is 5.75 Å². The molecule has 0 aliphatic heterocycles. The quantitative estimate of drug-likeness (QED) is 0.302. The van der Waals surface area contributed by atoms with Crippen molar-refractivity contribution in [2.75, 3.05) is 25.0 Å². The van der Waals surface area contributed by atoms with Crippen molar-refractivity contribution < 1.29 is 9.13 Å². The number of aromatic nitrogens is 5. The second kappa shape index (κ2) is 9.88. The Morgan fingerprint density at radius 1 is 1.09 bits per heavy atom. The highest BCUT2D eigenvalue weighted by atomic mass is 19.1. The molecule has 0 bridgehead atoms. The zero-order valence-corrected chi connectivity index (χ0v) is 18.9. The van der Waals surface area contributed by atoms with Crippen molar-refractivity contribution in [3.63, 3.8) is 0 Å². The number of nitrogens with zero attached hydrogens (tertiary/aromatic N) is 5. The average molecular weight is 460 g/mol. The Kier molecular flexibility index (Phi) is 6.35. The van der Waals surface area contributed by atoms with E-state index in [1.807, 2.05) is 47.4 Å². The molecule has 3 aromatic heterocycles. The van der Waals surface area contributed by atoms with E-state index >= 15 is 0 Å². The van der Waals surface area contributed by atoms with Crippen molar-refractivity contribution in [3.05, 3.63) is 78.6 Å². The topological polar surface area (TPSA) is 81.3 Å². The molecule has 0 radical (unpaired) electrons. The molecule has 0 saturated heterocycles. The van der Waals surface area contributed by atoms with Crippen LogP contribution in [0.4, 0.5) is 15.9 Å². The number of ether oxygens (including phenoxy) is 1. The van der Waals surface area contributed by atoms with E-state index < -0.39 is 0 Å². The van der Waals surface area contributed by atoms with Gasteiger partial charge in [0.25, 0.3) is 0 Å². The van der Waals surface area contributed by atoms with Crippen LogP contribution in [0.15, 0.2) is 67.3 Å². The predicted octanol–water partition coefficient (Wildman–Crippen LogP) is 4.39. The summed E-state index contributed by atoms with van der Waals surface area (Å²) in [7, 11) is 0. The first-order valence-electron chi connectivity index (χ1n) is 11.3. The van der Waals surface area contributed by atoms with Crippen molar-refractivity contribution in [2.45, 2.75) is 19.9 Å². The lowest BCUT2D eigenvalue weighted by Crippen LogP contribution is -2.16. The fourth-order valence-electron chi connectivity index (χ4n) is 3.93. The largest absolute Gasteiger partial charge is 0.491 e. The minimum atomic E-state index is -0.247. The highest BCUT2D eigenvalue weighted by molar-refractivity contribution is 5.86. The molecule has 2 N–H and O–H groups in total. The Hall–Kier alpha value is -3.98. The van der Waals surface area contributed by atoms with Crippen molar-refractivity contribution >= 4 is 27.9 Å². The molecule has 2 aromatic carbocycles. The normalized spacial score (nSPS) is 11.4. The average Bonchev–Trinajstić information content (AvgIpc) is 3.44. The van der Waals surface area contributed by atoms with Crippen LogP contribution in [0.1, 0.15) is 18.9 Å². The SMILES string of the molecule is CCNCCCOc1ccn2ncnc(Nc3ccc4c(cnn4Cc4cccc(F)c4)c3)c12. The highest BCUT2D eigenvalue weighted by Crippen LogP contribution is 2.29. The maximum Gasteiger partial charge on any atom is 0.162 e. The van der Waals surface area contributed by atoms with Gasteiger partial charge in [-0.2, -0.15) is 10.2 Å². The summed E-state index contributed by atoms with van der Waals surface area (Å²) in [6.07, 6.45) is 6.10. The molecule has 0 amide bonds. The number of hydrogen-bond donors (Lipinski definition) is 2. The van der Waals surface area contributed by atoms with Crippen LogP contribution < -0.4 is 15.4 Å². The van der Waals surface area contributed by atoms with Gasteiger partial charge in [-0.25, -0.2) is 13.9 Å². The van der Waals surface area contributed by atoms with Crippen LogP contribution in [-0.4, -0.2) is 44.1 Å². The molecule has 5 rings (SSSR count). The first-order valence-corrected chi connectivity index (χ1v) is 11.3. The molecule has 0 saturated carbocycles. The van der Waals surface area contributed by atoms with Gasteiger partial charge in [0, 0.05) is 23.3 Å². The molecular weight excluding hydrogens is 433 g/mol. The Bertz CT molecular complexity index is 1410. The summed E-state index contributed by atoms with van der Waals surface area (Å²) in [5, 5.41) is 16.4. The molecule has 5 aromatic rings. The van der Waals surface area contributed by atoms with Crippen LogP contribution in [-0.2, 0) is 6.54 Å².